The minimum Gasteiger partial charge on any atom is -0.393 e. The molecule has 0 aliphatic carbocycles. The van der Waals surface area contributed by atoms with Crippen LogP contribution in [0.25, 0.3) is 10.4 Å². The highest BCUT2D eigenvalue weighted by molar-refractivity contribution is 4.72. The van der Waals surface area contributed by atoms with Crippen molar-refractivity contribution in [2.45, 2.75) is 25.0 Å². The zero-order valence-corrected chi connectivity index (χ0v) is 6.18. The molecule has 0 aromatic heterocycles. The van der Waals surface area contributed by atoms with Gasteiger partial charge in [0.1, 0.15) is 0 Å². The maximum Gasteiger partial charge on any atom is 0.0656 e. The van der Waals surface area contributed by atoms with Crippen LogP contribution in [-0.2, 0) is 4.74 Å². The van der Waals surface area contributed by atoms with E-state index in [1.54, 1.807) is 0 Å². The number of ether oxygens (including phenoxy) is 1. The standard InChI is InChI=1S/C6H11N3O2/c7-9-8-4-6-3-5(10)1-2-11-6/h5-6,10H,1-4H2/t5-,6-/m1/s1. The van der Waals surface area contributed by atoms with Crippen LogP contribution in [0.2, 0.25) is 0 Å². The summed E-state index contributed by atoms with van der Waals surface area (Å²) in [6.45, 7) is 0.889. The molecule has 1 N–H and O–H groups in total. The Kier molecular flexibility index (Phi) is 3.16. The van der Waals surface area contributed by atoms with E-state index in [0.29, 0.717) is 26.0 Å². The Morgan fingerprint density at radius 1 is 1.73 bits per heavy atom. The first kappa shape index (κ1) is 8.33. The number of aliphatic hydroxyl groups is 1. The lowest BCUT2D eigenvalue weighted by molar-refractivity contribution is -0.0382. The van der Waals surface area contributed by atoms with Crippen molar-refractivity contribution < 1.29 is 9.84 Å². The first-order valence-corrected chi connectivity index (χ1v) is 3.63. The van der Waals surface area contributed by atoms with Crippen molar-refractivity contribution in [2.75, 3.05) is 13.2 Å². The molecule has 1 rings (SSSR count). The van der Waals surface area contributed by atoms with E-state index in [-0.39, 0.29) is 12.2 Å². The van der Waals surface area contributed by atoms with Crippen LogP contribution in [0.15, 0.2) is 5.11 Å². The monoisotopic (exact) mass is 157 g/mol. The number of hydrogen-bond acceptors (Lipinski definition) is 3. The van der Waals surface area contributed by atoms with Gasteiger partial charge in [0.25, 0.3) is 0 Å². The number of azide groups is 1. The normalized spacial score (nSPS) is 31.0. The maximum absolute atomic E-state index is 9.16. The Balaban J connectivity index is 2.27. The zero-order valence-electron chi connectivity index (χ0n) is 6.18. The molecule has 0 aromatic carbocycles. The lowest BCUT2D eigenvalue weighted by Crippen LogP contribution is -2.30. The van der Waals surface area contributed by atoms with Gasteiger partial charge in [-0.15, -0.1) is 0 Å². The van der Waals surface area contributed by atoms with Crippen molar-refractivity contribution in [2.24, 2.45) is 5.11 Å². The summed E-state index contributed by atoms with van der Waals surface area (Å²) in [5.41, 5.74) is 8.00. The van der Waals surface area contributed by atoms with Crippen LogP contribution in [0.1, 0.15) is 12.8 Å². The smallest absolute Gasteiger partial charge is 0.0656 e. The molecule has 0 bridgehead atoms. The third kappa shape index (κ3) is 2.76. The van der Waals surface area contributed by atoms with Gasteiger partial charge in [0, 0.05) is 11.5 Å². The van der Waals surface area contributed by atoms with Crippen molar-refractivity contribution in [3.8, 4) is 0 Å². The van der Waals surface area contributed by atoms with E-state index in [2.05, 4.69) is 10.0 Å². The van der Waals surface area contributed by atoms with Crippen LogP contribution >= 0.6 is 0 Å². The van der Waals surface area contributed by atoms with Gasteiger partial charge in [-0.2, -0.15) is 0 Å². The summed E-state index contributed by atoms with van der Waals surface area (Å²) in [7, 11) is 0. The second kappa shape index (κ2) is 4.18. The third-order valence-electron chi connectivity index (χ3n) is 1.69. The van der Waals surface area contributed by atoms with E-state index in [4.69, 9.17) is 15.4 Å². The molecule has 0 amide bonds. The second-order valence-corrected chi connectivity index (χ2v) is 2.58. The Hall–Kier alpha value is -0.770. The summed E-state index contributed by atoms with van der Waals surface area (Å²) < 4.78 is 5.23. The van der Waals surface area contributed by atoms with E-state index >= 15 is 0 Å². The molecule has 1 aliphatic rings. The molecule has 1 saturated heterocycles. The summed E-state index contributed by atoms with van der Waals surface area (Å²) in [5.74, 6) is 0. The van der Waals surface area contributed by atoms with Crippen molar-refractivity contribution in [1.82, 2.24) is 0 Å². The third-order valence-corrected chi connectivity index (χ3v) is 1.69. The minimum absolute atomic E-state index is 0.0883. The average molecular weight is 157 g/mol. The SMILES string of the molecule is [N-]=[N+]=NC[C@H]1C[C@H](O)CCO1. The number of aliphatic hydroxyl groups excluding tert-OH is 1. The van der Waals surface area contributed by atoms with Gasteiger partial charge in [0.05, 0.1) is 18.8 Å². The molecule has 0 radical (unpaired) electrons. The Morgan fingerprint density at radius 3 is 3.18 bits per heavy atom. The summed E-state index contributed by atoms with van der Waals surface area (Å²) in [6.07, 6.45) is 0.892. The van der Waals surface area contributed by atoms with Gasteiger partial charge in [0.15, 0.2) is 0 Å². The van der Waals surface area contributed by atoms with Crippen LogP contribution in [0.3, 0.4) is 0 Å². The van der Waals surface area contributed by atoms with E-state index in [0.717, 1.165) is 0 Å². The van der Waals surface area contributed by atoms with Gasteiger partial charge in [-0.1, -0.05) is 5.11 Å². The quantitative estimate of drug-likeness (QED) is 0.366. The molecule has 5 heteroatoms. The van der Waals surface area contributed by atoms with Gasteiger partial charge in [-0.05, 0) is 18.4 Å². The molecular weight excluding hydrogens is 146 g/mol. The van der Waals surface area contributed by atoms with Gasteiger partial charge in [-0.3, -0.25) is 0 Å². The van der Waals surface area contributed by atoms with Crippen LogP contribution in [-0.4, -0.2) is 30.5 Å². The van der Waals surface area contributed by atoms with Gasteiger partial charge in [-0.25, -0.2) is 0 Å². The molecular formula is C6H11N3O2. The fraction of sp³-hybridized carbons (Fsp3) is 1.00. The Labute approximate surface area is 64.6 Å². The number of rotatable bonds is 2. The highest BCUT2D eigenvalue weighted by Crippen LogP contribution is 2.13. The largest absolute Gasteiger partial charge is 0.393 e. The van der Waals surface area contributed by atoms with Crippen molar-refractivity contribution in [3.05, 3.63) is 10.4 Å². The lowest BCUT2D eigenvalue weighted by atomic mass is 10.1. The molecule has 0 spiro atoms. The number of nitrogens with zero attached hydrogens (tertiary/aromatic N) is 3. The van der Waals surface area contributed by atoms with E-state index in [1.807, 2.05) is 0 Å². The molecule has 0 aromatic rings. The van der Waals surface area contributed by atoms with Crippen molar-refractivity contribution in [1.29, 1.82) is 0 Å². The molecule has 0 saturated carbocycles. The first-order valence-electron chi connectivity index (χ1n) is 3.63. The predicted molar refractivity (Wildman–Crippen MR) is 39.0 cm³/mol. The predicted octanol–water partition coefficient (Wildman–Crippen LogP) is 0.837. The fourth-order valence-corrected chi connectivity index (χ4v) is 1.11. The van der Waals surface area contributed by atoms with Crippen molar-refractivity contribution in [3.63, 3.8) is 0 Å². The summed E-state index contributed by atoms with van der Waals surface area (Å²) in [4.78, 5) is 2.62. The van der Waals surface area contributed by atoms with Crippen LogP contribution in [0.5, 0.6) is 0 Å². The van der Waals surface area contributed by atoms with Crippen molar-refractivity contribution >= 4 is 0 Å². The second-order valence-electron chi connectivity index (χ2n) is 2.58. The summed E-state index contributed by atoms with van der Waals surface area (Å²) >= 11 is 0. The first-order chi connectivity index (χ1) is 5.33. The summed E-state index contributed by atoms with van der Waals surface area (Å²) in [5, 5.41) is 12.5. The topological polar surface area (TPSA) is 78.2 Å². The summed E-state index contributed by atoms with van der Waals surface area (Å²) in [6, 6.07) is 0. The Morgan fingerprint density at radius 2 is 2.55 bits per heavy atom. The minimum atomic E-state index is -0.289. The highest BCUT2D eigenvalue weighted by atomic mass is 16.5. The molecule has 1 fully saturated rings. The Bertz CT molecular complexity index is 167. The van der Waals surface area contributed by atoms with Crippen LogP contribution < -0.4 is 0 Å². The molecule has 11 heavy (non-hydrogen) atoms. The van der Waals surface area contributed by atoms with E-state index < -0.39 is 0 Å². The maximum atomic E-state index is 9.16. The molecule has 1 aliphatic heterocycles. The number of hydrogen-bond donors (Lipinski definition) is 1. The van der Waals surface area contributed by atoms with Gasteiger partial charge < -0.3 is 9.84 Å². The molecule has 62 valence electrons. The molecule has 1 heterocycles. The van der Waals surface area contributed by atoms with Gasteiger partial charge >= 0.3 is 0 Å². The lowest BCUT2D eigenvalue weighted by Gasteiger charge is -2.24. The fourth-order valence-electron chi connectivity index (χ4n) is 1.11. The molecule has 5 nitrogen and oxygen atoms in total. The molecule has 2 atom stereocenters. The van der Waals surface area contributed by atoms with Gasteiger partial charge in [0.2, 0.25) is 0 Å². The average Bonchev–Trinajstić information content (AvgIpc) is 2.01. The highest BCUT2D eigenvalue weighted by Gasteiger charge is 2.19. The van der Waals surface area contributed by atoms with Crippen LogP contribution in [0.4, 0.5) is 0 Å². The van der Waals surface area contributed by atoms with Crippen LogP contribution in [0, 0.1) is 0 Å². The zero-order chi connectivity index (χ0) is 8.10. The molecule has 0 unspecified atom stereocenters. The van der Waals surface area contributed by atoms with E-state index in [9.17, 15) is 0 Å². The van der Waals surface area contributed by atoms with E-state index in [1.165, 1.54) is 0 Å².